The summed E-state index contributed by atoms with van der Waals surface area (Å²) in [4.78, 5) is 27.9. The molecule has 0 aliphatic heterocycles. The Labute approximate surface area is 188 Å². The van der Waals surface area contributed by atoms with E-state index in [9.17, 15) is 14.7 Å². The van der Waals surface area contributed by atoms with Gasteiger partial charge in [0, 0.05) is 30.1 Å². The van der Waals surface area contributed by atoms with Gasteiger partial charge in [0.05, 0.1) is 5.39 Å². The Bertz CT molecular complexity index is 1370. The number of halogens is 1. The molecule has 0 unspecified atom stereocenters. The number of thiophene rings is 1. The van der Waals surface area contributed by atoms with E-state index in [1.165, 1.54) is 26.0 Å². The van der Waals surface area contributed by atoms with Gasteiger partial charge in [-0.15, -0.1) is 11.3 Å². The highest BCUT2D eigenvalue weighted by molar-refractivity contribution is 7.22. The number of aliphatic hydroxyl groups is 1. The number of rotatable bonds is 6. The number of fused-ring (bicyclic) bond motifs is 1. The van der Waals surface area contributed by atoms with Gasteiger partial charge >= 0.3 is 5.69 Å². The molecule has 2 aromatic carbocycles. The van der Waals surface area contributed by atoms with Crippen LogP contribution in [0.5, 0.6) is 0 Å². The molecule has 160 valence electrons. The minimum absolute atomic E-state index is 0.0821. The Morgan fingerprint density at radius 3 is 2.52 bits per heavy atom. The third-order valence-corrected chi connectivity index (χ3v) is 6.99. The van der Waals surface area contributed by atoms with E-state index >= 15 is 0 Å². The highest BCUT2D eigenvalue weighted by atomic mass is 35.5. The lowest BCUT2D eigenvalue weighted by atomic mass is 9.99. The van der Waals surface area contributed by atoms with Gasteiger partial charge < -0.3 is 5.11 Å². The van der Waals surface area contributed by atoms with Gasteiger partial charge in [0.1, 0.15) is 4.83 Å². The standard InChI is InChI=1S/C24H23ClN2O3S/c1-15-7-9-16(10-8-15)13-19-20-22(29)27(11-4-12-28)24(30)26(2)23(20)31-21(19)17-5-3-6-18(25)14-17/h3,5-10,14,28H,4,11-13H2,1-2H3. The van der Waals surface area contributed by atoms with E-state index in [1.807, 2.05) is 31.2 Å². The predicted molar refractivity (Wildman–Crippen MR) is 127 cm³/mol. The third-order valence-electron chi connectivity index (χ3n) is 5.40. The quantitative estimate of drug-likeness (QED) is 0.470. The van der Waals surface area contributed by atoms with E-state index in [2.05, 4.69) is 24.3 Å². The molecule has 0 amide bonds. The van der Waals surface area contributed by atoms with Gasteiger partial charge in [-0.25, -0.2) is 4.79 Å². The van der Waals surface area contributed by atoms with Crippen LogP contribution in [0.15, 0.2) is 58.1 Å². The van der Waals surface area contributed by atoms with E-state index in [-0.39, 0.29) is 24.4 Å². The highest BCUT2D eigenvalue weighted by Crippen LogP contribution is 2.38. The van der Waals surface area contributed by atoms with Crippen LogP contribution >= 0.6 is 22.9 Å². The Kier molecular flexibility index (Phi) is 6.14. The lowest BCUT2D eigenvalue weighted by molar-refractivity contribution is 0.277. The smallest absolute Gasteiger partial charge is 0.331 e. The molecule has 4 rings (SSSR count). The first kappa shape index (κ1) is 21.6. The Hall–Kier alpha value is -2.67. The molecule has 5 nitrogen and oxygen atoms in total. The molecule has 2 heterocycles. The van der Waals surface area contributed by atoms with Crippen molar-refractivity contribution in [3.63, 3.8) is 0 Å². The zero-order valence-electron chi connectivity index (χ0n) is 17.4. The van der Waals surface area contributed by atoms with Gasteiger partial charge in [-0.1, -0.05) is 53.6 Å². The molecule has 31 heavy (non-hydrogen) atoms. The van der Waals surface area contributed by atoms with Crippen molar-refractivity contribution in [3.8, 4) is 10.4 Å². The van der Waals surface area contributed by atoms with Crippen molar-refractivity contribution < 1.29 is 5.11 Å². The Morgan fingerprint density at radius 2 is 1.84 bits per heavy atom. The first-order valence-electron chi connectivity index (χ1n) is 10.1. The summed E-state index contributed by atoms with van der Waals surface area (Å²) in [5, 5.41) is 10.4. The number of hydrogen-bond acceptors (Lipinski definition) is 4. The number of hydrogen-bond donors (Lipinski definition) is 1. The van der Waals surface area contributed by atoms with Crippen LogP contribution < -0.4 is 11.2 Å². The first-order valence-corrected chi connectivity index (χ1v) is 11.3. The fourth-order valence-corrected chi connectivity index (χ4v) is 5.22. The highest BCUT2D eigenvalue weighted by Gasteiger charge is 2.22. The van der Waals surface area contributed by atoms with Crippen molar-refractivity contribution in [1.82, 2.24) is 9.13 Å². The lowest BCUT2D eigenvalue weighted by Crippen LogP contribution is -2.39. The largest absolute Gasteiger partial charge is 0.396 e. The molecule has 0 fully saturated rings. The number of aromatic nitrogens is 2. The molecule has 0 spiro atoms. The summed E-state index contributed by atoms with van der Waals surface area (Å²) < 4.78 is 2.76. The monoisotopic (exact) mass is 454 g/mol. The average Bonchev–Trinajstić information content (AvgIpc) is 3.13. The maximum atomic E-state index is 13.4. The topological polar surface area (TPSA) is 64.2 Å². The van der Waals surface area contributed by atoms with Crippen LogP contribution in [0.1, 0.15) is 23.1 Å². The zero-order chi connectivity index (χ0) is 22.1. The molecule has 4 aromatic rings. The maximum absolute atomic E-state index is 13.4. The second kappa shape index (κ2) is 8.83. The van der Waals surface area contributed by atoms with Gasteiger partial charge in [-0.2, -0.15) is 0 Å². The van der Waals surface area contributed by atoms with Crippen LogP contribution in [0.4, 0.5) is 0 Å². The first-order chi connectivity index (χ1) is 14.9. The van der Waals surface area contributed by atoms with Crippen LogP contribution in [0.3, 0.4) is 0 Å². The van der Waals surface area contributed by atoms with Crippen molar-refractivity contribution in [2.75, 3.05) is 6.61 Å². The Balaban J connectivity index is 2.03. The zero-order valence-corrected chi connectivity index (χ0v) is 19.0. The van der Waals surface area contributed by atoms with Crippen molar-refractivity contribution in [1.29, 1.82) is 0 Å². The minimum atomic E-state index is -0.369. The van der Waals surface area contributed by atoms with E-state index in [4.69, 9.17) is 11.6 Å². The fraction of sp³-hybridized carbons (Fsp3) is 0.250. The van der Waals surface area contributed by atoms with Gasteiger partial charge in [0.25, 0.3) is 5.56 Å². The van der Waals surface area contributed by atoms with Crippen molar-refractivity contribution >= 4 is 33.2 Å². The summed E-state index contributed by atoms with van der Waals surface area (Å²) in [5.74, 6) is 0. The molecule has 0 aliphatic carbocycles. The predicted octanol–water partition coefficient (Wildman–Crippen LogP) is 4.36. The SMILES string of the molecule is Cc1ccc(Cc2c(-c3cccc(Cl)c3)sc3c2c(=O)n(CCCO)c(=O)n3C)cc1. The second-order valence-corrected chi connectivity index (χ2v) is 9.07. The van der Waals surface area contributed by atoms with Gasteiger partial charge in [0.2, 0.25) is 0 Å². The van der Waals surface area contributed by atoms with E-state index in [0.717, 1.165) is 21.6 Å². The second-order valence-electron chi connectivity index (χ2n) is 7.64. The van der Waals surface area contributed by atoms with Crippen LogP contribution in [0.25, 0.3) is 20.7 Å². The number of benzene rings is 2. The molecular formula is C24H23ClN2O3S. The average molecular weight is 455 g/mol. The van der Waals surface area contributed by atoms with Crippen molar-refractivity contribution in [3.05, 3.63) is 91.1 Å². The van der Waals surface area contributed by atoms with Gasteiger partial charge in [-0.3, -0.25) is 13.9 Å². The van der Waals surface area contributed by atoms with Crippen LogP contribution in [0.2, 0.25) is 5.02 Å². The molecule has 0 aliphatic rings. The lowest BCUT2D eigenvalue weighted by Gasteiger charge is -2.09. The summed E-state index contributed by atoms with van der Waals surface area (Å²) >= 11 is 7.69. The molecule has 0 atom stereocenters. The van der Waals surface area contributed by atoms with Crippen molar-refractivity contribution in [2.24, 2.45) is 7.05 Å². The Morgan fingerprint density at radius 1 is 1.10 bits per heavy atom. The molecule has 7 heteroatoms. The number of nitrogens with zero attached hydrogens (tertiary/aromatic N) is 2. The molecule has 2 aromatic heterocycles. The summed E-state index contributed by atoms with van der Waals surface area (Å²) in [6.07, 6.45) is 0.912. The normalized spacial score (nSPS) is 11.4. The van der Waals surface area contributed by atoms with Gasteiger partial charge in [-0.05, 0) is 48.6 Å². The molecule has 1 N–H and O–H groups in total. The molecule has 0 radical (unpaired) electrons. The third kappa shape index (κ3) is 4.11. The van der Waals surface area contributed by atoms with Crippen LogP contribution in [-0.2, 0) is 20.0 Å². The van der Waals surface area contributed by atoms with Gasteiger partial charge in [0.15, 0.2) is 0 Å². The molecular weight excluding hydrogens is 432 g/mol. The molecule has 0 saturated carbocycles. The molecule has 0 saturated heterocycles. The van der Waals surface area contributed by atoms with Crippen LogP contribution in [0, 0.1) is 6.92 Å². The van der Waals surface area contributed by atoms with E-state index in [0.29, 0.717) is 28.1 Å². The van der Waals surface area contributed by atoms with Crippen LogP contribution in [-0.4, -0.2) is 20.8 Å². The minimum Gasteiger partial charge on any atom is -0.396 e. The summed E-state index contributed by atoms with van der Waals surface area (Å²) in [7, 11) is 1.69. The summed E-state index contributed by atoms with van der Waals surface area (Å²) in [5.41, 5.74) is 3.39. The number of aryl methyl sites for hydroxylation is 2. The fourth-order valence-electron chi connectivity index (χ4n) is 3.77. The van der Waals surface area contributed by atoms with E-state index < -0.39 is 0 Å². The summed E-state index contributed by atoms with van der Waals surface area (Å²) in [6.45, 7) is 2.14. The molecule has 0 bridgehead atoms. The number of aliphatic hydroxyl groups excluding tert-OH is 1. The van der Waals surface area contributed by atoms with Crippen molar-refractivity contribution in [2.45, 2.75) is 26.3 Å². The maximum Gasteiger partial charge on any atom is 0.331 e. The summed E-state index contributed by atoms with van der Waals surface area (Å²) in [6, 6.07) is 15.8. The van der Waals surface area contributed by atoms with E-state index in [1.54, 1.807) is 7.05 Å².